The number of amides is 1. The first-order chi connectivity index (χ1) is 11.3. The van der Waals surface area contributed by atoms with E-state index in [1.54, 1.807) is 13.0 Å². The SMILES string of the molecule is Cc1cc([S+](C)[O-])ccc1Nc1c(C(=O)NO)cc(F)c(F)c1F. The van der Waals surface area contributed by atoms with Crippen molar-refractivity contribution < 1.29 is 27.7 Å². The predicted molar refractivity (Wildman–Crippen MR) is 82.4 cm³/mol. The Balaban J connectivity index is 2.53. The van der Waals surface area contributed by atoms with Crippen molar-refractivity contribution in [2.75, 3.05) is 11.6 Å². The van der Waals surface area contributed by atoms with Gasteiger partial charge in [0.1, 0.15) is 6.26 Å². The maximum absolute atomic E-state index is 14.1. The summed E-state index contributed by atoms with van der Waals surface area (Å²) in [7, 11) is 0. The molecule has 2 aromatic carbocycles. The fourth-order valence-electron chi connectivity index (χ4n) is 2.05. The molecule has 0 spiro atoms. The fourth-order valence-corrected chi connectivity index (χ4v) is 2.65. The molecule has 5 nitrogen and oxygen atoms in total. The van der Waals surface area contributed by atoms with Crippen molar-refractivity contribution in [2.45, 2.75) is 11.8 Å². The van der Waals surface area contributed by atoms with Crippen LogP contribution >= 0.6 is 0 Å². The second kappa shape index (κ2) is 7.12. The number of rotatable bonds is 4. The maximum Gasteiger partial charge on any atom is 0.276 e. The van der Waals surface area contributed by atoms with Crippen LogP contribution in [0, 0.1) is 24.4 Å². The van der Waals surface area contributed by atoms with Crippen LogP contribution in [0.2, 0.25) is 0 Å². The Bertz CT molecular complexity index is 800. The molecular formula is C15H13F3N2O3S. The molecule has 0 saturated carbocycles. The summed E-state index contributed by atoms with van der Waals surface area (Å²) >= 11 is -1.23. The van der Waals surface area contributed by atoms with Crippen molar-refractivity contribution in [3.05, 3.63) is 52.8 Å². The largest absolute Gasteiger partial charge is 0.612 e. The Morgan fingerprint density at radius 1 is 1.21 bits per heavy atom. The van der Waals surface area contributed by atoms with Gasteiger partial charge in [0.15, 0.2) is 22.3 Å². The molecule has 0 bridgehead atoms. The Morgan fingerprint density at radius 2 is 1.88 bits per heavy atom. The third kappa shape index (κ3) is 3.48. The van der Waals surface area contributed by atoms with E-state index in [1.165, 1.54) is 23.9 Å². The molecular weight excluding hydrogens is 345 g/mol. The van der Waals surface area contributed by atoms with Crippen LogP contribution in [0.1, 0.15) is 15.9 Å². The lowest BCUT2D eigenvalue weighted by molar-refractivity contribution is 0.0706. The third-order valence-corrected chi connectivity index (χ3v) is 4.22. The summed E-state index contributed by atoms with van der Waals surface area (Å²) in [6.07, 6.45) is 1.49. The smallest absolute Gasteiger partial charge is 0.276 e. The molecule has 9 heteroatoms. The lowest BCUT2D eigenvalue weighted by Gasteiger charge is -2.15. The average Bonchev–Trinajstić information content (AvgIpc) is 2.55. The molecule has 128 valence electrons. The first kappa shape index (κ1) is 18.1. The zero-order valence-electron chi connectivity index (χ0n) is 12.6. The van der Waals surface area contributed by atoms with Gasteiger partial charge in [0.2, 0.25) is 0 Å². The lowest BCUT2D eigenvalue weighted by Crippen LogP contribution is -2.21. The standard InChI is InChI=1S/C15H13F3N2O3S/c1-7-5-8(24(2)23)3-4-11(7)19-14-9(15(21)20-22)6-10(16)12(17)13(14)18/h3-6,19,22H,1-2H3,(H,20,21). The van der Waals surface area contributed by atoms with E-state index in [4.69, 9.17) is 5.21 Å². The van der Waals surface area contributed by atoms with E-state index < -0.39 is 45.8 Å². The van der Waals surface area contributed by atoms with E-state index in [-0.39, 0.29) is 0 Å². The molecule has 0 aliphatic carbocycles. The first-order valence-electron chi connectivity index (χ1n) is 6.59. The Kier molecular flexibility index (Phi) is 5.37. The quantitative estimate of drug-likeness (QED) is 0.339. The molecule has 2 rings (SSSR count). The third-order valence-electron chi connectivity index (χ3n) is 3.30. The summed E-state index contributed by atoms with van der Waals surface area (Å²) in [5, 5.41) is 11.2. The summed E-state index contributed by atoms with van der Waals surface area (Å²) in [6, 6.07) is 5.02. The van der Waals surface area contributed by atoms with Crippen molar-refractivity contribution >= 4 is 28.5 Å². The van der Waals surface area contributed by atoms with Crippen LogP contribution in [-0.2, 0) is 11.2 Å². The number of carbonyl (C=O) groups is 1. The van der Waals surface area contributed by atoms with E-state index in [0.29, 0.717) is 22.2 Å². The monoisotopic (exact) mass is 358 g/mol. The summed E-state index contributed by atoms with van der Waals surface area (Å²) in [5.74, 6) is -6.13. The molecule has 0 saturated heterocycles. The van der Waals surface area contributed by atoms with Crippen LogP contribution in [0.5, 0.6) is 0 Å². The summed E-state index contributed by atoms with van der Waals surface area (Å²) < 4.78 is 52.3. The topological polar surface area (TPSA) is 84.4 Å². The van der Waals surface area contributed by atoms with Crippen LogP contribution in [0.15, 0.2) is 29.2 Å². The van der Waals surface area contributed by atoms with E-state index in [1.807, 2.05) is 0 Å². The number of hydroxylamine groups is 1. The molecule has 3 N–H and O–H groups in total. The average molecular weight is 358 g/mol. The van der Waals surface area contributed by atoms with Crippen molar-refractivity contribution in [1.82, 2.24) is 5.48 Å². The molecule has 1 amide bonds. The zero-order chi connectivity index (χ0) is 18.0. The lowest BCUT2D eigenvalue weighted by atomic mass is 10.1. The number of halogens is 3. The number of carbonyl (C=O) groups excluding carboxylic acids is 1. The Labute approximate surface area is 138 Å². The molecule has 1 unspecified atom stereocenters. The maximum atomic E-state index is 14.1. The van der Waals surface area contributed by atoms with Gasteiger partial charge in [0.25, 0.3) is 5.91 Å². The van der Waals surface area contributed by atoms with Gasteiger partial charge in [0, 0.05) is 5.69 Å². The number of anilines is 2. The molecule has 0 fully saturated rings. The van der Waals surface area contributed by atoms with Crippen LogP contribution in [-0.4, -0.2) is 21.9 Å². The van der Waals surface area contributed by atoms with Gasteiger partial charge in [-0.05, 0) is 47.9 Å². The Morgan fingerprint density at radius 3 is 2.42 bits per heavy atom. The van der Waals surface area contributed by atoms with Crippen LogP contribution in [0.3, 0.4) is 0 Å². The molecule has 24 heavy (non-hydrogen) atoms. The summed E-state index contributed by atoms with van der Waals surface area (Å²) in [6.45, 7) is 1.63. The predicted octanol–water partition coefficient (Wildman–Crippen LogP) is 3.01. The van der Waals surface area contributed by atoms with E-state index in [9.17, 15) is 22.5 Å². The molecule has 0 aromatic heterocycles. The van der Waals surface area contributed by atoms with Crippen LogP contribution in [0.25, 0.3) is 0 Å². The van der Waals surface area contributed by atoms with Crippen molar-refractivity contribution in [2.24, 2.45) is 0 Å². The first-order valence-corrected chi connectivity index (χ1v) is 8.15. The van der Waals surface area contributed by atoms with Crippen molar-refractivity contribution in [3.63, 3.8) is 0 Å². The summed E-state index contributed by atoms with van der Waals surface area (Å²) in [5.41, 5.74) is 0.836. The van der Waals surface area contributed by atoms with Gasteiger partial charge < -0.3 is 9.87 Å². The van der Waals surface area contributed by atoms with Crippen LogP contribution < -0.4 is 10.8 Å². The molecule has 0 radical (unpaired) electrons. The number of aryl methyl sites for hydroxylation is 1. The van der Waals surface area contributed by atoms with E-state index in [2.05, 4.69) is 5.32 Å². The highest BCUT2D eigenvalue weighted by molar-refractivity contribution is 7.90. The fraction of sp³-hybridized carbons (Fsp3) is 0.133. The highest BCUT2D eigenvalue weighted by atomic mass is 32.2. The number of nitrogens with one attached hydrogen (secondary N) is 2. The zero-order valence-corrected chi connectivity index (χ0v) is 13.4. The molecule has 0 aliphatic heterocycles. The van der Waals surface area contributed by atoms with E-state index >= 15 is 0 Å². The minimum Gasteiger partial charge on any atom is -0.612 e. The van der Waals surface area contributed by atoms with Gasteiger partial charge in [-0.15, -0.1) is 0 Å². The van der Waals surface area contributed by atoms with Crippen molar-refractivity contribution in [3.8, 4) is 0 Å². The van der Waals surface area contributed by atoms with Gasteiger partial charge >= 0.3 is 0 Å². The molecule has 0 heterocycles. The number of hydrogen-bond acceptors (Lipinski definition) is 4. The van der Waals surface area contributed by atoms with Crippen molar-refractivity contribution in [1.29, 1.82) is 0 Å². The molecule has 0 aliphatic rings. The minimum atomic E-state index is -1.75. The van der Waals surface area contributed by atoms with Gasteiger partial charge in [-0.2, -0.15) is 0 Å². The Hall–Kier alpha value is -2.23. The highest BCUT2D eigenvalue weighted by Crippen LogP contribution is 2.30. The number of hydrogen-bond donors (Lipinski definition) is 3. The van der Waals surface area contributed by atoms with Gasteiger partial charge in [-0.3, -0.25) is 10.0 Å². The second-order valence-electron chi connectivity index (χ2n) is 4.91. The summed E-state index contributed by atoms with van der Waals surface area (Å²) in [4.78, 5) is 12.1. The number of benzene rings is 2. The van der Waals surface area contributed by atoms with Gasteiger partial charge in [-0.25, -0.2) is 18.7 Å². The van der Waals surface area contributed by atoms with Gasteiger partial charge in [-0.1, -0.05) is 0 Å². The van der Waals surface area contributed by atoms with Gasteiger partial charge in [0.05, 0.1) is 11.3 Å². The van der Waals surface area contributed by atoms with E-state index in [0.717, 1.165) is 0 Å². The second-order valence-corrected chi connectivity index (χ2v) is 6.29. The highest BCUT2D eigenvalue weighted by Gasteiger charge is 2.23. The van der Waals surface area contributed by atoms with Crippen LogP contribution in [0.4, 0.5) is 24.5 Å². The normalized spacial score (nSPS) is 12.0. The molecule has 1 atom stereocenters. The minimum absolute atomic E-state index is 0.293. The molecule has 2 aromatic rings.